The number of hydrogen-bond donors (Lipinski definition) is 0. The zero-order valence-electron chi connectivity index (χ0n) is 11.4. The molecule has 2 rings (SSSR count). The molecular weight excluding hydrogens is 321 g/mol. The summed E-state index contributed by atoms with van der Waals surface area (Å²) in [7, 11) is -4.02. The Labute approximate surface area is 128 Å². The molecule has 0 atom stereocenters. The lowest BCUT2D eigenvalue weighted by atomic mass is 10.1. The third-order valence-electron chi connectivity index (χ3n) is 2.97. The molecule has 0 aromatic heterocycles. The maximum atomic E-state index is 12.6. The van der Waals surface area contributed by atoms with Crippen molar-refractivity contribution in [3.05, 3.63) is 35.4 Å². The van der Waals surface area contributed by atoms with E-state index in [9.17, 15) is 8.42 Å². The zero-order chi connectivity index (χ0) is 15.2. The molecular formula is C13H15Cl2NO3S. The Bertz CT molecular complexity index is 666. The molecule has 0 fully saturated rings. The van der Waals surface area contributed by atoms with Gasteiger partial charge in [-0.25, -0.2) is 8.42 Å². The van der Waals surface area contributed by atoms with E-state index in [1.807, 2.05) is 13.0 Å². The standard InChI is InChI=1S/C13H15Cl2NO3S/c1-9-5-4-6-10(7-9)13(14,15)20(17,18)11-8-12(2,3)19-16-11/h4-7H,8H2,1-3H3. The van der Waals surface area contributed by atoms with Crippen LogP contribution in [0.5, 0.6) is 0 Å². The molecule has 20 heavy (non-hydrogen) atoms. The predicted molar refractivity (Wildman–Crippen MR) is 80.7 cm³/mol. The van der Waals surface area contributed by atoms with Crippen molar-refractivity contribution in [3.8, 4) is 0 Å². The van der Waals surface area contributed by atoms with Crippen LogP contribution in [-0.2, 0) is 18.3 Å². The normalized spacial score (nSPS) is 18.6. The molecule has 0 N–H and O–H groups in total. The van der Waals surface area contributed by atoms with E-state index in [2.05, 4.69) is 5.16 Å². The highest BCUT2D eigenvalue weighted by atomic mass is 35.5. The Morgan fingerprint density at radius 1 is 1.35 bits per heavy atom. The Morgan fingerprint density at radius 2 is 2.00 bits per heavy atom. The topological polar surface area (TPSA) is 55.7 Å². The number of hydrogen-bond acceptors (Lipinski definition) is 4. The van der Waals surface area contributed by atoms with Gasteiger partial charge >= 0.3 is 0 Å². The molecule has 0 bridgehead atoms. The van der Waals surface area contributed by atoms with Gasteiger partial charge in [-0.05, 0) is 20.8 Å². The van der Waals surface area contributed by atoms with Gasteiger partial charge in [-0.3, -0.25) is 0 Å². The van der Waals surface area contributed by atoms with Gasteiger partial charge in [0.25, 0.3) is 0 Å². The molecule has 0 aliphatic carbocycles. The van der Waals surface area contributed by atoms with Crippen molar-refractivity contribution < 1.29 is 13.3 Å². The second kappa shape index (κ2) is 4.90. The van der Waals surface area contributed by atoms with Gasteiger partial charge in [0.2, 0.25) is 13.5 Å². The fourth-order valence-corrected chi connectivity index (χ4v) is 4.05. The highest BCUT2D eigenvalue weighted by Crippen LogP contribution is 2.43. The number of rotatable bonds is 2. The van der Waals surface area contributed by atoms with Gasteiger partial charge < -0.3 is 4.84 Å². The Hall–Kier alpha value is -0.780. The minimum atomic E-state index is -4.02. The van der Waals surface area contributed by atoms with Gasteiger partial charge in [-0.1, -0.05) is 58.2 Å². The lowest BCUT2D eigenvalue weighted by Gasteiger charge is -2.21. The third kappa shape index (κ3) is 2.67. The average Bonchev–Trinajstić information content (AvgIpc) is 2.70. The second-order valence-electron chi connectivity index (χ2n) is 5.40. The molecule has 1 heterocycles. The summed E-state index contributed by atoms with van der Waals surface area (Å²) in [6, 6.07) is 6.75. The maximum absolute atomic E-state index is 12.6. The van der Waals surface area contributed by atoms with Crippen molar-refractivity contribution in [1.82, 2.24) is 0 Å². The summed E-state index contributed by atoms with van der Waals surface area (Å²) in [6.45, 7) is 5.32. The van der Waals surface area contributed by atoms with Crippen LogP contribution in [0.15, 0.2) is 29.4 Å². The van der Waals surface area contributed by atoms with E-state index in [-0.39, 0.29) is 11.5 Å². The van der Waals surface area contributed by atoms with E-state index in [1.54, 1.807) is 32.0 Å². The minimum absolute atomic E-state index is 0.131. The first-order valence-corrected chi connectivity index (χ1v) is 8.25. The summed E-state index contributed by atoms with van der Waals surface area (Å²) < 4.78 is 23.1. The van der Waals surface area contributed by atoms with Gasteiger partial charge in [-0.15, -0.1) is 0 Å². The number of benzene rings is 1. The van der Waals surface area contributed by atoms with Gasteiger partial charge in [0.15, 0.2) is 5.04 Å². The van der Waals surface area contributed by atoms with Crippen molar-refractivity contribution in [2.24, 2.45) is 5.16 Å². The van der Waals surface area contributed by atoms with Gasteiger partial charge in [0.1, 0.15) is 5.60 Å². The summed E-state index contributed by atoms with van der Waals surface area (Å²) >= 11 is 12.3. The zero-order valence-corrected chi connectivity index (χ0v) is 13.7. The number of oxime groups is 1. The Kier molecular flexibility index (Phi) is 3.82. The molecule has 0 amide bonds. The highest BCUT2D eigenvalue weighted by molar-refractivity contribution is 8.09. The Morgan fingerprint density at radius 3 is 2.50 bits per heavy atom. The highest BCUT2D eigenvalue weighted by Gasteiger charge is 2.49. The van der Waals surface area contributed by atoms with Crippen LogP contribution in [0.2, 0.25) is 0 Å². The van der Waals surface area contributed by atoms with Crippen LogP contribution in [-0.4, -0.2) is 19.1 Å². The first kappa shape index (κ1) is 15.6. The lowest BCUT2D eigenvalue weighted by Crippen LogP contribution is -2.32. The molecule has 1 aliphatic heterocycles. The molecule has 0 radical (unpaired) electrons. The molecule has 1 aromatic carbocycles. The number of nitrogens with zero attached hydrogens (tertiary/aromatic N) is 1. The summed E-state index contributed by atoms with van der Waals surface area (Å²) in [4.78, 5) is 5.09. The second-order valence-corrected chi connectivity index (χ2v) is 9.27. The quantitative estimate of drug-likeness (QED) is 0.777. The molecule has 1 aromatic rings. The van der Waals surface area contributed by atoms with Crippen LogP contribution in [0.4, 0.5) is 0 Å². The van der Waals surface area contributed by atoms with E-state index >= 15 is 0 Å². The average molecular weight is 336 g/mol. The summed E-state index contributed by atoms with van der Waals surface area (Å²) in [5, 5.41) is 3.50. The van der Waals surface area contributed by atoms with E-state index in [4.69, 9.17) is 28.0 Å². The van der Waals surface area contributed by atoms with Crippen LogP contribution in [0.1, 0.15) is 31.4 Å². The number of aryl methyl sites for hydroxylation is 1. The lowest BCUT2D eigenvalue weighted by molar-refractivity contribution is 0.0123. The van der Waals surface area contributed by atoms with E-state index in [0.717, 1.165) is 5.56 Å². The molecule has 0 saturated carbocycles. The molecule has 110 valence electrons. The fraction of sp³-hybridized carbons (Fsp3) is 0.462. The van der Waals surface area contributed by atoms with E-state index < -0.39 is 19.1 Å². The SMILES string of the molecule is Cc1cccc(C(Cl)(Cl)S(=O)(=O)C2=NOC(C)(C)C2)c1. The predicted octanol–water partition coefficient (Wildman–Crippen LogP) is 3.51. The molecule has 4 nitrogen and oxygen atoms in total. The number of sulfone groups is 1. The van der Waals surface area contributed by atoms with Gasteiger partial charge in [0.05, 0.1) is 0 Å². The van der Waals surface area contributed by atoms with Crippen LogP contribution >= 0.6 is 23.2 Å². The van der Waals surface area contributed by atoms with Gasteiger partial charge in [0, 0.05) is 12.0 Å². The minimum Gasteiger partial charge on any atom is -0.389 e. The first-order chi connectivity index (χ1) is 9.06. The van der Waals surface area contributed by atoms with Crippen molar-refractivity contribution in [3.63, 3.8) is 0 Å². The largest absolute Gasteiger partial charge is 0.389 e. The van der Waals surface area contributed by atoms with Crippen LogP contribution in [0, 0.1) is 6.92 Å². The summed E-state index contributed by atoms with van der Waals surface area (Å²) in [5.74, 6) is 0. The van der Waals surface area contributed by atoms with Crippen molar-refractivity contribution in [2.75, 3.05) is 0 Å². The number of alkyl halides is 2. The van der Waals surface area contributed by atoms with Crippen LogP contribution in [0.25, 0.3) is 0 Å². The van der Waals surface area contributed by atoms with Crippen LogP contribution in [0.3, 0.4) is 0 Å². The monoisotopic (exact) mass is 335 g/mol. The van der Waals surface area contributed by atoms with E-state index in [0.29, 0.717) is 5.56 Å². The first-order valence-electron chi connectivity index (χ1n) is 6.01. The molecule has 1 aliphatic rings. The smallest absolute Gasteiger partial charge is 0.248 e. The molecule has 0 spiro atoms. The van der Waals surface area contributed by atoms with Crippen molar-refractivity contribution >= 4 is 38.1 Å². The van der Waals surface area contributed by atoms with Gasteiger partial charge in [-0.2, -0.15) is 0 Å². The Balaban J connectivity index is 2.43. The molecule has 0 unspecified atom stereocenters. The summed E-state index contributed by atoms with van der Waals surface area (Å²) in [5.41, 5.74) is 0.500. The maximum Gasteiger partial charge on any atom is 0.248 e. The fourth-order valence-electron chi connectivity index (χ4n) is 1.88. The van der Waals surface area contributed by atoms with Crippen molar-refractivity contribution in [1.29, 1.82) is 0 Å². The summed E-state index contributed by atoms with van der Waals surface area (Å²) in [6.07, 6.45) is 0.141. The van der Waals surface area contributed by atoms with Crippen LogP contribution < -0.4 is 0 Å². The molecule has 0 saturated heterocycles. The third-order valence-corrected chi connectivity index (χ3v) is 6.38. The van der Waals surface area contributed by atoms with E-state index in [1.165, 1.54) is 0 Å². The van der Waals surface area contributed by atoms with Crippen molar-refractivity contribution in [2.45, 2.75) is 36.5 Å². The number of halogens is 2. The molecule has 7 heteroatoms.